The van der Waals surface area contributed by atoms with Crippen LogP contribution in [0.2, 0.25) is 0 Å². The van der Waals surface area contributed by atoms with Crippen LogP contribution in [-0.2, 0) is 6.54 Å². The molecular weight excluding hydrogens is 502 g/mol. The van der Waals surface area contributed by atoms with Crippen molar-refractivity contribution in [2.45, 2.75) is 99.5 Å². The number of carbonyl (C=O) groups excluding carboxylic acids is 1. The Labute approximate surface area is 239 Å². The van der Waals surface area contributed by atoms with E-state index in [4.69, 9.17) is 0 Å². The second-order valence-electron chi connectivity index (χ2n) is 10.6. The number of aromatic hydroxyl groups is 1. The van der Waals surface area contributed by atoms with Crippen molar-refractivity contribution in [2.24, 2.45) is 22.1 Å². The molecule has 0 aliphatic rings. The van der Waals surface area contributed by atoms with Gasteiger partial charge in [0.2, 0.25) is 5.88 Å². The van der Waals surface area contributed by atoms with Gasteiger partial charge in [0, 0.05) is 30.8 Å². The molecule has 2 unspecified atom stereocenters. The first-order valence-corrected chi connectivity index (χ1v) is 14.9. The van der Waals surface area contributed by atoms with Gasteiger partial charge in [-0.05, 0) is 56.7 Å². The first-order valence-electron chi connectivity index (χ1n) is 14.9. The smallest absolute Gasteiger partial charge is 0.281 e. The Bertz CT molecular complexity index is 1230. The molecule has 0 aliphatic carbocycles. The average Bonchev–Trinajstić information content (AvgIpc) is 2.96. The highest BCUT2D eigenvalue weighted by atomic mass is 16.3. The maximum absolute atomic E-state index is 13.9. The summed E-state index contributed by atoms with van der Waals surface area (Å²) < 4.78 is 1.10. The fourth-order valence-electron chi connectivity index (χ4n) is 5.04. The summed E-state index contributed by atoms with van der Waals surface area (Å²) in [6.07, 6.45) is 8.91. The fourth-order valence-corrected chi connectivity index (χ4v) is 5.04. The summed E-state index contributed by atoms with van der Waals surface area (Å²) in [7, 11) is 0. The molecule has 40 heavy (non-hydrogen) atoms. The highest BCUT2D eigenvalue weighted by molar-refractivity contribution is 5.95. The summed E-state index contributed by atoms with van der Waals surface area (Å²) in [5.41, 5.74) is 0.727. The van der Waals surface area contributed by atoms with Crippen LogP contribution in [0.5, 0.6) is 5.88 Å². The lowest BCUT2D eigenvalue weighted by Crippen LogP contribution is -2.39. The third kappa shape index (κ3) is 8.51. The Balaban J connectivity index is 2.41. The lowest BCUT2D eigenvalue weighted by molar-refractivity contribution is 0.0685. The van der Waals surface area contributed by atoms with E-state index >= 15 is 0 Å². The molecule has 0 saturated heterocycles. The molecule has 1 aromatic heterocycles. The van der Waals surface area contributed by atoms with Gasteiger partial charge in [-0.25, -0.2) is 0 Å². The second-order valence-corrected chi connectivity index (χ2v) is 10.6. The number of hydrogen-bond donors (Lipinski definition) is 1. The number of nitrogens with zero attached hydrogens (tertiary/aromatic N) is 5. The standard InChI is InChI=1S/C32H47N5O3/c1-7-12-15-24(9-3)21-36(22-25(10-4)16-13-8-2)30(38)26-17-14-18-27(19-26)34-35-29-23(6)28(20-33)31(39)37(11-5)32(29)40/h14,17-19,24-25,39H,7-13,15-16,21-22H2,1-6H3. The largest absolute Gasteiger partial charge is 0.493 e. The molecule has 0 fully saturated rings. The summed E-state index contributed by atoms with van der Waals surface area (Å²) in [4.78, 5) is 28.8. The third-order valence-electron chi connectivity index (χ3n) is 7.77. The van der Waals surface area contributed by atoms with Crippen molar-refractivity contribution in [1.29, 1.82) is 5.26 Å². The molecule has 0 bridgehead atoms. The monoisotopic (exact) mass is 549 g/mol. The van der Waals surface area contributed by atoms with Gasteiger partial charge in [0.05, 0.1) is 5.69 Å². The minimum atomic E-state index is -0.519. The van der Waals surface area contributed by atoms with E-state index in [-0.39, 0.29) is 35.1 Å². The average molecular weight is 550 g/mol. The van der Waals surface area contributed by atoms with E-state index in [2.05, 4.69) is 37.9 Å². The topological polar surface area (TPSA) is 111 Å². The molecule has 1 heterocycles. The molecule has 0 saturated carbocycles. The number of rotatable bonds is 16. The number of amides is 1. The van der Waals surface area contributed by atoms with Crippen molar-refractivity contribution in [2.75, 3.05) is 13.1 Å². The summed E-state index contributed by atoms with van der Waals surface area (Å²) in [5, 5.41) is 28.2. The molecule has 1 N–H and O–H groups in total. The van der Waals surface area contributed by atoms with E-state index in [1.807, 2.05) is 11.0 Å². The molecule has 2 aromatic rings. The van der Waals surface area contributed by atoms with Crippen LogP contribution >= 0.6 is 0 Å². The van der Waals surface area contributed by atoms with Crippen molar-refractivity contribution in [3.63, 3.8) is 0 Å². The molecule has 8 heteroatoms. The Morgan fingerprint density at radius 3 is 2.12 bits per heavy atom. The number of hydrogen-bond acceptors (Lipinski definition) is 6. The number of pyridine rings is 1. The normalized spacial score (nSPS) is 12.8. The zero-order chi connectivity index (χ0) is 29.7. The zero-order valence-electron chi connectivity index (χ0n) is 25.2. The van der Waals surface area contributed by atoms with E-state index in [0.29, 0.717) is 23.1 Å². The minimum Gasteiger partial charge on any atom is -0.493 e. The predicted molar refractivity (Wildman–Crippen MR) is 161 cm³/mol. The van der Waals surface area contributed by atoms with Gasteiger partial charge in [-0.15, -0.1) is 5.11 Å². The van der Waals surface area contributed by atoms with Gasteiger partial charge in [0.15, 0.2) is 5.69 Å². The molecule has 2 rings (SSSR count). The second kappa shape index (κ2) is 16.6. The molecule has 0 spiro atoms. The van der Waals surface area contributed by atoms with E-state index in [0.717, 1.165) is 69.0 Å². The van der Waals surface area contributed by atoms with Gasteiger partial charge in [-0.3, -0.25) is 14.2 Å². The maximum atomic E-state index is 13.9. The molecule has 0 aliphatic heterocycles. The van der Waals surface area contributed by atoms with E-state index in [1.54, 1.807) is 38.1 Å². The number of carbonyl (C=O) groups is 1. The van der Waals surface area contributed by atoms with Crippen LogP contribution in [0.4, 0.5) is 11.4 Å². The van der Waals surface area contributed by atoms with Crippen LogP contribution in [-0.4, -0.2) is 33.6 Å². The Hall–Kier alpha value is -3.47. The van der Waals surface area contributed by atoms with Gasteiger partial charge >= 0.3 is 0 Å². The van der Waals surface area contributed by atoms with Gasteiger partial charge in [0.1, 0.15) is 11.6 Å². The van der Waals surface area contributed by atoms with E-state index in [1.165, 1.54) is 0 Å². The van der Waals surface area contributed by atoms with Crippen LogP contribution < -0.4 is 5.56 Å². The SMILES string of the molecule is CCCCC(CC)CN(CC(CC)CCCC)C(=O)c1cccc(N=Nc2c(C)c(C#N)c(O)n(CC)c2=O)c1. The lowest BCUT2D eigenvalue weighted by atomic mass is 9.95. The molecular formula is C32H47N5O3. The molecule has 1 amide bonds. The summed E-state index contributed by atoms with van der Waals surface area (Å²) in [5.74, 6) is 0.543. The first kappa shape index (κ1) is 32.7. The van der Waals surface area contributed by atoms with E-state index < -0.39 is 5.56 Å². The summed E-state index contributed by atoms with van der Waals surface area (Å²) in [6, 6.07) is 8.96. The van der Waals surface area contributed by atoms with Crippen LogP contribution in [0.3, 0.4) is 0 Å². The van der Waals surface area contributed by atoms with Gasteiger partial charge in [0.25, 0.3) is 11.5 Å². The van der Waals surface area contributed by atoms with Gasteiger partial charge in [-0.2, -0.15) is 10.4 Å². The molecule has 2 atom stereocenters. The number of azo groups is 1. The number of aromatic nitrogens is 1. The molecule has 218 valence electrons. The van der Waals surface area contributed by atoms with Gasteiger partial charge < -0.3 is 10.0 Å². The number of unbranched alkanes of at least 4 members (excludes halogenated alkanes) is 2. The molecule has 1 aromatic carbocycles. The van der Waals surface area contributed by atoms with E-state index in [9.17, 15) is 20.0 Å². The third-order valence-corrected chi connectivity index (χ3v) is 7.77. The van der Waals surface area contributed by atoms with Crippen molar-refractivity contribution in [1.82, 2.24) is 9.47 Å². The van der Waals surface area contributed by atoms with Crippen molar-refractivity contribution >= 4 is 17.3 Å². The zero-order valence-corrected chi connectivity index (χ0v) is 25.2. The molecule has 0 radical (unpaired) electrons. The van der Waals surface area contributed by atoms with Gasteiger partial charge in [-0.1, -0.05) is 72.3 Å². The molecule has 8 nitrogen and oxygen atoms in total. The fraction of sp³-hybridized carbons (Fsp3) is 0.594. The Morgan fingerprint density at radius 2 is 1.62 bits per heavy atom. The summed E-state index contributed by atoms with van der Waals surface area (Å²) in [6.45, 7) is 13.7. The Kier molecular flexibility index (Phi) is 13.6. The highest BCUT2D eigenvalue weighted by Gasteiger charge is 2.23. The van der Waals surface area contributed by atoms with Crippen molar-refractivity contribution in [3.05, 3.63) is 51.3 Å². The van der Waals surface area contributed by atoms with Crippen molar-refractivity contribution < 1.29 is 9.90 Å². The minimum absolute atomic E-state index is 0.00187. The summed E-state index contributed by atoms with van der Waals surface area (Å²) >= 11 is 0. The van der Waals surface area contributed by atoms with Crippen molar-refractivity contribution in [3.8, 4) is 11.9 Å². The lowest BCUT2D eigenvalue weighted by Gasteiger charge is -2.31. The predicted octanol–water partition coefficient (Wildman–Crippen LogP) is 8.04. The van der Waals surface area contributed by atoms with Crippen LogP contribution in [0.1, 0.15) is 107 Å². The number of benzene rings is 1. The maximum Gasteiger partial charge on any atom is 0.281 e. The van der Waals surface area contributed by atoms with Crippen LogP contribution in [0.15, 0.2) is 39.3 Å². The Morgan fingerprint density at radius 1 is 1.02 bits per heavy atom. The number of nitriles is 1. The highest BCUT2D eigenvalue weighted by Crippen LogP contribution is 2.27. The van der Waals surface area contributed by atoms with Crippen LogP contribution in [0, 0.1) is 30.1 Å². The first-order chi connectivity index (χ1) is 19.3. The quantitative estimate of drug-likeness (QED) is 0.213. The van der Waals surface area contributed by atoms with Crippen LogP contribution in [0.25, 0.3) is 0 Å².